The van der Waals surface area contributed by atoms with Crippen molar-refractivity contribution in [1.29, 1.82) is 0 Å². The lowest BCUT2D eigenvalue weighted by molar-refractivity contribution is -0.140. The van der Waals surface area contributed by atoms with E-state index in [9.17, 15) is 9.90 Å². The number of hydrogen-bond donors (Lipinski definition) is 2. The number of ether oxygens (including phenoxy) is 1. The Morgan fingerprint density at radius 2 is 1.79 bits per heavy atom. The highest BCUT2D eigenvalue weighted by Gasteiger charge is 2.17. The van der Waals surface area contributed by atoms with E-state index >= 15 is 0 Å². The first-order valence-electron chi connectivity index (χ1n) is 8.19. The number of hydrogen-bond acceptors (Lipinski definition) is 3. The van der Waals surface area contributed by atoms with Crippen molar-refractivity contribution in [3.05, 3.63) is 54.1 Å². The lowest BCUT2D eigenvalue weighted by atomic mass is 10.0. The number of para-hydroxylation sites is 1. The highest BCUT2D eigenvalue weighted by atomic mass is 16.5. The molecule has 0 saturated heterocycles. The summed E-state index contributed by atoms with van der Waals surface area (Å²) in [6.07, 6.45) is 0.620. The van der Waals surface area contributed by atoms with Crippen LogP contribution < -0.4 is 10.1 Å². The third-order valence-electron chi connectivity index (χ3n) is 3.93. The van der Waals surface area contributed by atoms with Crippen molar-refractivity contribution >= 4 is 5.97 Å². The van der Waals surface area contributed by atoms with Crippen LogP contribution >= 0.6 is 0 Å². The van der Waals surface area contributed by atoms with Crippen molar-refractivity contribution < 1.29 is 14.6 Å². The molecule has 128 valence electrons. The van der Waals surface area contributed by atoms with Crippen LogP contribution in [0.25, 0.3) is 11.1 Å². The molecule has 0 bridgehead atoms. The van der Waals surface area contributed by atoms with Gasteiger partial charge in [-0.05, 0) is 29.5 Å². The number of nitrogens with one attached hydrogen (secondary N) is 1. The fraction of sp³-hybridized carbons (Fsp3) is 0.350. The highest BCUT2D eigenvalue weighted by Crippen LogP contribution is 2.29. The van der Waals surface area contributed by atoms with Crippen molar-refractivity contribution in [3.8, 4) is 16.9 Å². The van der Waals surface area contributed by atoms with Crippen LogP contribution in [0.5, 0.6) is 5.75 Å². The van der Waals surface area contributed by atoms with Crippen molar-refractivity contribution in [2.75, 3.05) is 7.11 Å². The fourth-order valence-corrected chi connectivity index (χ4v) is 2.67. The van der Waals surface area contributed by atoms with Gasteiger partial charge in [-0.2, -0.15) is 0 Å². The number of carbonyl (C=O) groups is 1. The van der Waals surface area contributed by atoms with E-state index in [0.717, 1.165) is 22.4 Å². The second-order valence-electron chi connectivity index (χ2n) is 6.30. The second-order valence-corrected chi connectivity index (χ2v) is 6.30. The van der Waals surface area contributed by atoms with Gasteiger partial charge in [0.2, 0.25) is 0 Å². The summed E-state index contributed by atoms with van der Waals surface area (Å²) in [4.78, 5) is 11.3. The zero-order valence-corrected chi connectivity index (χ0v) is 14.5. The lowest BCUT2D eigenvalue weighted by Crippen LogP contribution is -2.37. The summed E-state index contributed by atoms with van der Waals surface area (Å²) in [7, 11) is 1.66. The molecule has 0 saturated carbocycles. The number of carboxylic acids is 1. The Kier molecular flexibility index (Phi) is 6.38. The topological polar surface area (TPSA) is 58.6 Å². The highest BCUT2D eigenvalue weighted by molar-refractivity contribution is 5.73. The first-order valence-corrected chi connectivity index (χ1v) is 8.19. The third kappa shape index (κ3) is 4.83. The molecule has 0 radical (unpaired) electrons. The van der Waals surface area contributed by atoms with Gasteiger partial charge in [-0.3, -0.25) is 4.79 Å². The van der Waals surface area contributed by atoms with E-state index in [-0.39, 0.29) is 0 Å². The Balaban J connectivity index is 2.05. The number of benzene rings is 2. The van der Waals surface area contributed by atoms with E-state index in [2.05, 4.69) is 5.32 Å². The molecule has 2 N–H and O–H groups in total. The smallest absolute Gasteiger partial charge is 0.320 e. The fourth-order valence-electron chi connectivity index (χ4n) is 2.67. The summed E-state index contributed by atoms with van der Waals surface area (Å²) < 4.78 is 5.39. The molecule has 2 rings (SSSR count). The van der Waals surface area contributed by atoms with Gasteiger partial charge < -0.3 is 15.2 Å². The second kappa shape index (κ2) is 8.50. The normalized spacial score (nSPS) is 12.2. The van der Waals surface area contributed by atoms with Gasteiger partial charge >= 0.3 is 5.97 Å². The molecule has 0 aromatic heterocycles. The van der Waals surface area contributed by atoms with Gasteiger partial charge in [0.15, 0.2) is 0 Å². The zero-order chi connectivity index (χ0) is 17.5. The molecular weight excluding hydrogens is 302 g/mol. The van der Waals surface area contributed by atoms with Gasteiger partial charge in [-0.1, -0.05) is 56.3 Å². The minimum absolute atomic E-state index is 0.339. The molecule has 4 heteroatoms. The monoisotopic (exact) mass is 327 g/mol. The quantitative estimate of drug-likeness (QED) is 0.771. The van der Waals surface area contributed by atoms with Crippen LogP contribution in [0, 0.1) is 5.92 Å². The molecule has 0 aliphatic heterocycles. The van der Waals surface area contributed by atoms with E-state index in [0.29, 0.717) is 18.9 Å². The average molecular weight is 327 g/mol. The van der Waals surface area contributed by atoms with Crippen molar-refractivity contribution in [2.45, 2.75) is 32.9 Å². The summed E-state index contributed by atoms with van der Waals surface area (Å²) in [6.45, 7) is 4.59. The lowest BCUT2D eigenvalue weighted by Gasteiger charge is -2.16. The Hall–Kier alpha value is -2.33. The summed E-state index contributed by atoms with van der Waals surface area (Å²) in [5.74, 6) is 0.382. The van der Waals surface area contributed by atoms with Crippen molar-refractivity contribution in [1.82, 2.24) is 5.32 Å². The minimum Gasteiger partial charge on any atom is -0.496 e. The van der Waals surface area contributed by atoms with E-state index in [1.165, 1.54) is 0 Å². The molecule has 0 unspecified atom stereocenters. The summed E-state index contributed by atoms with van der Waals surface area (Å²) in [5.41, 5.74) is 3.18. The predicted molar refractivity (Wildman–Crippen MR) is 96.1 cm³/mol. The minimum atomic E-state index is -0.797. The van der Waals surface area contributed by atoms with Gasteiger partial charge in [0.25, 0.3) is 0 Å². The molecule has 0 aliphatic rings. The van der Waals surface area contributed by atoms with Crippen LogP contribution in [0.3, 0.4) is 0 Å². The van der Waals surface area contributed by atoms with Gasteiger partial charge in [0.05, 0.1) is 7.11 Å². The zero-order valence-electron chi connectivity index (χ0n) is 14.5. The van der Waals surface area contributed by atoms with Crippen LogP contribution in [0.2, 0.25) is 0 Å². The number of aliphatic carboxylic acids is 1. The Labute approximate surface area is 143 Å². The van der Waals surface area contributed by atoms with Crippen LogP contribution in [-0.2, 0) is 11.3 Å². The molecule has 0 aliphatic carbocycles. The van der Waals surface area contributed by atoms with E-state index in [1.54, 1.807) is 7.11 Å². The molecular formula is C20H25NO3. The molecule has 0 amide bonds. The van der Waals surface area contributed by atoms with E-state index in [4.69, 9.17) is 4.74 Å². The van der Waals surface area contributed by atoms with Crippen LogP contribution in [-0.4, -0.2) is 24.2 Å². The number of methoxy groups -OCH3 is 1. The Morgan fingerprint density at radius 3 is 2.38 bits per heavy atom. The van der Waals surface area contributed by atoms with E-state index in [1.807, 2.05) is 62.4 Å². The summed E-state index contributed by atoms with van der Waals surface area (Å²) >= 11 is 0. The Bertz CT molecular complexity index is 665. The largest absolute Gasteiger partial charge is 0.496 e. The van der Waals surface area contributed by atoms with Gasteiger partial charge in [0, 0.05) is 12.1 Å². The van der Waals surface area contributed by atoms with E-state index < -0.39 is 12.0 Å². The maximum Gasteiger partial charge on any atom is 0.320 e. The molecule has 2 aromatic carbocycles. The summed E-state index contributed by atoms with van der Waals surface area (Å²) in [6, 6.07) is 15.5. The molecule has 4 nitrogen and oxygen atoms in total. The van der Waals surface area contributed by atoms with Gasteiger partial charge in [0.1, 0.15) is 11.8 Å². The average Bonchev–Trinajstić information content (AvgIpc) is 2.58. The van der Waals surface area contributed by atoms with Crippen LogP contribution in [0.15, 0.2) is 48.5 Å². The summed E-state index contributed by atoms with van der Waals surface area (Å²) in [5, 5.41) is 12.4. The van der Waals surface area contributed by atoms with Crippen molar-refractivity contribution in [2.24, 2.45) is 5.92 Å². The van der Waals surface area contributed by atoms with Crippen LogP contribution in [0.4, 0.5) is 0 Å². The molecule has 0 heterocycles. The van der Waals surface area contributed by atoms with Crippen molar-refractivity contribution in [3.63, 3.8) is 0 Å². The Morgan fingerprint density at radius 1 is 1.12 bits per heavy atom. The number of carboxylic acid groups (broad SMARTS) is 1. The molecule has 2 aromatic rings. The molecule has 1 atom stereocenters. The first kappa shape index (κ1) is 18.0. The standard InChI is InChI=1S/C20H25NO3/c1-14(2)12-18(20(22)23)21-13-15-8-10-16(11-9-15)17-6-4-5-7-19(17)24-3/h4-11,14,18,21H,12-13H2,1-3H3,(H,22,23)/t18-/m1/s1. The number of rotatable bonds is 8. The molecule has 0 fully saturated rings. The first-order chi connectivity index (χ1) is 11.5. The van der Waals surface area contributed by atoms with Gasteiger partial charge in [-0.25, -0.2) is 0 Å². The predicted octanol–water partition coefficient (Wildman–Crippen LogP) is 3.95. The maximum absolute atomic E-state index is 11.3. The molecule has 24 heavy (non-hydrogen) atoms. The third-order valence-corrected chi connectivity index (χ3v) is 3.93. The molecule has 0 spiro atoms. The van der Waals surface area contributed by atoms with Gasteiger partial charge in [-0.15, -0.1) is 0 Å². The SMILES string of the molecule is COc1ccccc1-c1ccc(CN[C@H](CC(C)C)C(=O)O)cc1. The van der Waals surface area contributed by atoms with Crippen LogP contribution in [0.1, 0.15) is 25.8 Å². The maximum atomic E-state index is 11.3.